The maximum atomic E-state index is 13.2. The molecule has 6 rings (SSSR count). The molecule has 1 N–H and O–H groups in total. The molecular weight excluding hydrogens is 578 g/mol. The van der Waals surface area contributed by atoms with Crippen LogP contribution in [0, 0.1) is 0 Å². The molecule has 4 fully saturated rings. The molecule has 240 valence electrons. The van der Waals surface area contributed by atoms with Gasteiger partial charge in [0.2, 0.25) is 5.91 Å². The predicted octanol–water partition coefficient (Wildman–Crippen LogP) is 1.38. The van der Waals surface area contributed by atoms with E-state index in [1.54, 1.807) is 0 Å². The fourth-order valence-corrected chi connectivity index (χ4v) is 6.58. The summed E-state index contributed by atoms with van der Waals surface area (Å²) in [5.41, 5.74) is 2.20. The maximum absolute atomic E-state index is 13.2. The predicted molar refractivity (Wildman–Crippen MR) is 176 cm³/mol. The van der Waals surface area contributed by atoms with E-state index in [4.69, 9.17) is 19.4 Å². The normalized spacial score (nSPS) is 21.1. The van der Waals surface area contributed by atoms with Gasteiger partial charge in [-0.25, -0.2) is 9.97 Å². The van der Waals surface area contributed by atoms with Crippen molar-refractivity contribution < 1.29 is 14.3 Å². The van der Waals surface area contributed by atoms with Crippen molar-refractivity contribution in [3.05, 3.63) is 30.3 Å². The third-order valence-electron chi connectivity index (χ3n) is 9.01. The smallest absolute Gasteiger partial charge is 0.236 e. The van der Waals surface area contributed by atoms with E-state index in [2.05, 4.69) is 54.1 Å². The van der Waals surface area contributed by atoms with Crippen molar-refractivity contribution in [1.29, 1.82) is 0 Å². The Balaban J connectivity index is 0.958. The summed E-state index contributed by atoms with van der Waals surface area (Å²) in [6.07, 6.45) is 2.00. The van der Waals surface area contributed by atoms with E-state index in [-0.39, 0.29) is 5.91 Å². The Bertz CT molecular complexity index is 1190. The lowest BCUT2D eigenvalue weighted by molar-refractivity contribution is -0.133. The molecule has 44 heavy (non-hydrogen) atoms. The quantitative estimate of drug-likeness (QED) is 0.306. The Kier molecular flexibility index (Phi) is 11.1. The zero-order chi connectivity index (χ0) is 30.1. The van der Waals surface area contributed by atoms with Gasteiger partial charge in [-0.3, -0.25) is 19.5 Å². The average Bonchev–Trinajstić information content (AvgIpc) is 3.09. The zero-order valence-corrected chi connectivity index (χ0v) is 26.8. The largest absolute Gasteiger partial charge is 0.379 e. The number of aromatic nitrogens is 2. The van der Waals surface area contributed by atoms with Gasteiger partial charge in [-0.1, -0.05) is 11.8 Å². The van der Waals surface area contributed by atoms with Crippen LogP contribution in [0.5, 0.6) is 0 Å². The molecule has 0 atom stereocenters. The first-order valence-electron chi connectivity index (χ1n) is 16.0. The Labute approximate surface area is 265 Å². The second-order valence-corrected chi connectivity index (χ2v) is 12.6. The van der Waals surface area contributed by atoms with Gasteiger partial charge in [-0.05, 0) is 30.5 Å². The summed E-state index contributed by atoms with van der Waals surface area (Å²) in [5.74, 6) is 1.92. The molecule has 4 aliphatic rings. The lowest BCUT2D eigenvalue weighted by atomic mass is 10.2. The standard InChI is InChI=1S/C31H47N9O3S/c1-44-31-33-28(32-26-2-4-27(5-3-26)38-18-22-43-23-19-38)24-29(34-31)39-12-14-40(15-13-39)30(41)25-37-10-8-35(9-11-37)6-7-36-16-20-42-21-17-36/h2-5,24H,6-23,25H2,1H3,(H,32,33,34). The van der Waals surface area contributed by atoms with Gasteiger partial charge in [0, 0.05) is 109 Å². The first kappa shape index (κ1) is 31.3. The van der Waals surface area contributed by atoms with Crippen LogP contribution >= 0.6 is 11.8 Å². The highest BCUT2D eigenvalue weighted by molar-refractivity contribution is 7.98. The second kappa shape index (κ2) is 15.5. The second-order valence-electron chi connectivity index (χ2n) is 11.8. The highest BCUT2D eigenvalue weighted by atomic mass is 32.2. The van der Waals surface area contributed by atoms with Crippen LogP contribution in [0.25, 0.3) is 0 Å². The van der Waals surface area contributed by atoms with E-state index in [1.165, 1.54) is 17.4 Å². The minimum Gasteiger partial charge on any atom is -0.379 e. The Morgan fingerprint density at radius 3 is 2.02 bits per heavy atom. The number of amides is 1. The average molecular weight is 626 g/mol. The molecule has 12 nitrogen and oxygen atoms in total. The minimum absolute atomic E-state index is 0.238. The molecule has 1 aromatic carbocycles. The van der Waals surface area contributed by atoms with Crippen LogP contribution in [-0.2, 0) is 14.3 Å². The first-order valence-corrected chi connectivity index (χ1v) is 17.3. The number of nitrogens with zero attached hydrogens (tertiary/aromatic N) is 8. The molecule has 5 heterocycles. The van der Waals surface area contributed by atoms with Crippen molar-refractivity contribution in [3.8, 4) is 0 Å². The van der Waals surface area contributed by atoms with Crippen LogP contribution in [0.4, 0.5) is 23.0 Å². The van der Waals surface area contributed by atoms with Gasteiger partial charge in [-0.15, -0.1) is 0 Å². The summed E-state index contributed by atoms with van der Waals surface area (Å²) >= 11 is 1.54. The van der Waals surface area contributed by atoms with Crippen molar-refractivity contribution in [1.82, 2.24) is 29.6 Å². The molecule has 0 bridgehead atoms. The van der Waals surface area contributed by atoms with E-state index < -0.39 is 0 Å². The summed E-state index contributed by atoms with van der Waals surface area (Å²) in [7, 11) is 0. The van der Waals surface area contributed by atoms with Gasteiger partial charge in [0.1, 0.15) is 11.6 Å². The molecule has 13 heteroatoms. The molecule has 0 aliphatic carbocycles. The van der Waals surface area contributed by atoms with Gasteiger partial charge >= 0.3 is 0 Å². The van der Waals surface area contributed by atoms with Crippen molar-refractivity contribution >= 4 is 40.7 Å². The van der Waals surface area contributed by atoms with Gasteiger partial charge < -0.3 is 29.5 Å². The number of morpholine rings is 2. The van der Waals surface area contributed by atoms with E-state index >= 15 is 0 Å². The number of carbonyl (C=O) groups excluding carboxylic acids is 1. The van der Waals surface area contributed by atoms with Gasteiger partial charge in [0.15, 0.2) is 5.16 Å². The van der Waals surface area contributed by atoms with E-state index in [9.17, 15) is 4.79 Å². The molecule has 4 aliphatic heterocycles. The Morgan fingerprint density at radius 1 is 0.750 bits per heavy atom. The van der Waals surface area contributed by atoms with Gasteiger partial charge in [0.05, 0.1) is 33.0 Å². The number of hydrogen-bond acceptors (Lipinski definition) is 12. The molecular formula is C31H47N9O3S. The molecule has 0 unspecified atom stereocenters. The monoisotopic (exact) mass is 625 g/mol. The maximum Gasteiger partial charge on any atom is 0.236 e. The SMILES string of the molecule is CSc1nc(Nc2ccc(N3CCOCC3)cc2)cc(N2CCN(C(=O)CN3CCN(CCN4CCOCC4)CC3)CC2)n1. The molecule has 0 saturated carbocycles. The van der Waals surface area contributed by atoms with E-state index in [1.807, 2.05) is 17.2 Å². The lowest BCUT2D eigenvalue weighted by Gasteiger charge is -2.38. The molecule has 1 aromatic heterocycles. The number of anilines is 4. The summed E-state index contributed by atoms with van der Waals surface area (Å²) in [5, 5.41) is 4.21. The van der Waals surface area contributed by atoms with Crippen molar-refractivity contribution in [2.45, 2.75) is 5.16 Å². The summed E-state index contributed by atoms with van der Waals surface area (Å²) in [4.78, 5) is 36.7. The lowest BCUT2D eigenvalue weighted by Crippen LogP contribution is -2.54. The molecule has 0 radical (unpaired) electrons. The van der Waals surface area contributed by atoms with Gasteiger partial charge in [0.25, 0.3) is 0 Å². The number of benzene rings is 1. The fraction of sp³-hybridized carbons (Fsp3) is 0.645. The zero-order valence-electron chi connectivity index (χ0n) is 26.0. The van der Waals surface area contributed by atoms with Gasteiger partial charge in [-0.2, -0.15) is 0 Å². The summed E-state index contributed by atoms with van der Waals surface area (Å²) in [6.45, 7) is 16.8. The Morgan fingerprint density at radius 2 is 1.36 bits per heavy atom. The minimum atomic E-state index is 0.238. The summed E-state index contributed by atoms with van der Waals surface area (Å²) in [6, 6.07) is 10.5. The van der Waals surface area contributed by atoms with Crippen LogP contribution < -0.4 is 15.1 Å². The molecule has 4 saturated heterocycles. The van der Waals surface area contributed by atoms with Crippen LogP contribution in [0.1, 0.15) is 0 Å². The van der Waals surface area contributed by atoms with Crippen LogP contribution in [0.3, 0.4) is 0 Å². The van der Waals surface area contributed by atoms with Crippen molar-refractivity contribution in [2.24, 2.45) is 0 Å². The third-order valence-corrected chi connectivity index (χ3v) is 9.55. The van der Waals surface area contributed by atoms with Crippen molar-refractivity contribution in [3.63, 3.8) is 0 Å². The molecule has 1 amide bonds. The Hall–Kier alpha value is -2.68. The topological polar surface area (TPSA) is 92.8 Å². The van der Waals surface area contributed by atoms with Crippen LogP contribution in [-0.4, -0.2) is 166 Å². The number of hydrogen-bond donors (Lipinski definition) is 1. The highest BCUT2D eigenvalue weighted by Crippen LogP contribution is 2.26. The molecule has 2 aromatic rings. The number of carbonyl (C=O) groups is 1. The number of ether oxygens (including phenoxy) is 2. The number of thioether (sulfide) groups is 1. The fourth-order valence-electron chi connectivity index (χ4n) is 6.21. The molecule has 0 spiro atoms. The number of rotatable bonds is 10. The van der Waals surface area contributed by atoms with E-state index in [0.717, 1.165) is 127 Å². The highest BCUT2D eigenvalue weighted by Gasteiger charge is 2.26. The number of piperazine rings is 2. The summed E-state index contributed by atoms with van der Waals surface area (Å²) < 4.78 is 10.9. The van der Waals surface area contributed by atoms with Crippen LogP contribution in [0.2, 0.25) is 0 Å². The first-order chi connectivity index (χ1) is 21.6. The van der Waals surface area contributed by atoms with Crippen LogP contribution in [0.15, 0.2) is 35.5 Å². The van der Waals surface area contributed by atoms with Crippen molar-refractivity contribution in [2.75, 3.05) is 146 Å². The third kappa shape index (κ3) is 8.52. The number of nitrogens with one attached hydrogen (secondary N) is 1. The van der Waals surface area contributed by atoms with E-state index in [0.29, 0.717) is 19.6 Å².